The molecular weight excluding hydrogens is 420 g/mol. The van der Waals surface area contributed by atoms with Gasteiger partial charge < -0.3 is 9.53 Å². The van der Waals surface area contributed by atoms with Crippen molar-refractivity contribution in [3.63, 3.8) is 0 Å². The van der Waals surface area contributed by atoms with Crippen molar-refractivity contribution in [1.82, 2.24) is 0 Å². The molecule has 0 aromatic carbocycles. The van der Waals surface area contributed by atoms with E-state index in [4.69, 9.17) is 4.74 Å². The van der Waals surface area contributed by atoms with Crippen molar-refractivity contribution in [3.8, 4) is 0 Å². The van der Waals surface area contributed by atoms with E-state index >= 15 is 0 Å². The van der Waals surface area contributed by atoms with Gasteiger partial charge in [0, 0.05) is 6.61 Å². The highest BCUT2D eigenvalue weighted by atomic mass is 28.4. The lowest BCUT2D eigenvalue weighted by Crippen LogP contribution is -2.39. The second-order valence-corrected chi connectivity index (χ2v) is 16.4. The molecule has 1 N–H and O–H groups in total. The van der Waals surface area contributed by atoms with Gasteiger partial charge in [0.15, 0.2) is 8.32 Å². The molecular formula is C30H64O2Si. The summed E-state index contributed by atoms with van der Waals surface area (Å²) in [5.74, 6) is 0. The van der Waals surface area contributed by atoms with Gasteiger partial charge in [-0.15, -0.1) is 0 Å². The van der Waals surface area contributed by atoms with Crippen LogP contribution in [-0.4, -0.2) is 25.8 Å². The zero-order chi connectivity index (χ0) is 24.8. The molecule has 1 atom stereocenters. The van der Waals surface area contributed by atoms with Gasteiger partial charge in [0.25, 0.3) is 0 Å². The summed E-state index contributed by atoms with van der Waals surface area (Å²) in [6.07, 6.45) is 28.9. The average Bonchev–Trinajstić information content (AvgIpc) is 2.76. The molecule has 2 nitrogen and oxygen atoms in total. The van der Waals surface area contributed by atoms with Crippen molar-refractivity contribution in [2.24, 2.45) is 0 Å². The molecule has 0 aliphatic heterocycles. The van der Waals surface area contributed by atoms with E-state index in [0.717, 1.165) is 19.4 Å². The molecule has 0 bridgehead atoms. The first-order chi connectivity index (χ1) is 15.7. The number of rotatable bonds is 25. The first-order valence-corrected chi connectivity index (χ1v) is 18.0. The third-order valence-electron chi connectivity index (χ3n) is 7.98. The van der Waals surface area contributed by atoms with Gasteiger partial charge in [0.2, 0.25) is 0 Å². The first-order valence-electron chi connectivity index (χ1n) is 15.1. The van der Waals surface area contributed by atoms with E-state index < -0.39 is 8.32 Å². The van der Waals surface area contributed by atoms with Crippen LogP contribution in [0.5, 0.6) is 0 Å². The van der Waals surface area contributed by atoms with Crippen molar-refractivity contribution in [3.05, 3.63) is 0 Å². The standard InChI is InChI=1S/C30H64O2Si/c1-7-9-11-12-13-14-15-16-17-18-19-20-21-22-23-24-25-29(32-28-10-8-2)26-27-30(3,4)33(5,6)31/h29,31H,7-28H2,1-6H3. The van der Waals surface area contributed by atoms with Gasteiger partial charge >= 0.3 is 0 Å². The number of hydrogen-bond donors (Lipinski definition) is 1. The van der Waals surface area contributed by atoms with E-state index in [1.807, 2.05) is 0 Å². The zero-order valence-electron chi connectivity index (χ0n) is 24.0. The van der Waals surface area contributed by atoms with E-state index in [1.165, 1.54) is 122 Å². The number of unbranched alkanes of at least 4 members (excludes halogenated alkanes) is 16. The summed E-state index contributed by atoms with van der Waals surface area (Å²) >= 11 is 0. The highest BCUT2D eigenvalue weighted by Gasteiger charge is 2.37. The molecule has 0 radical (unpaired) electrons. The minimum atomic E-state index is -2.12. The van der Waals surface area contributed by atoms with E-state index in [0.29, 0.717) is 6.10 Å². The fourth-order valence-electron chi connectivity index (χ4n) is 4.45. The monoisotopic (exact) mass is 484 g/mol. The number of ether oxygens (including phenoxy) is 1. The van der Waals surface area contributed by atoms with Crippen LogP contribution in [0, 0.1) is 0 Å². The van der Waals surface area contributed by atoms with Crippen LogP contribution in [0.3, 0.4) is 0 Å². The quantitative estimate of drug-likeness (QED) is 0.103. The van der Waals surface area contributed by atoms with Crippen molar-refractivity contribution in [1.29, 1.82) is 0 Å². The Labute approximate surface area is 211 Å². The maximum Gasteiger partial charge on any atom is 0.188 e. The number of hydrogen-bond acceptors (Lipinski definition) is 2. The maximum absolute atomic E-state index is 10.6. The van der Waals surface area contributed by atoms with Gasteiger partial charge in [-0.05, 0) is 43.8 Å². The molecule has 0 heterocycles. The predicted octanol–water partition coefficient (Wildman–Crippen LogP) is 10.6. The second kappa shape index (κ2) is 21.4. The fraction of sp³-hybridized carbons (Fsp3) is 1.00. The molecule has 0 aliphatic carbocycles. The lowest BCUT2D eigenvalue weighted by Gasteiger charge is -2.36. The van der Waals surface area contributed by atoms with Gasteiger partial charge in [-0.3, -0.25) is 0 Å². The Hall–Kier alpha value is 0.137. The summed E-state index contributed by atoms with van der Waals surface area (Å²) in [6.45, 7) is 14.1. The van der Waals surface area contributed by atoms with Gasteiger partial charge in [-0.2, -0.15) is 0 Å². The highest BCUT2D eigenvalue weighted by Crippen LogP contribution is 2.40. The lowest BCUT2D eigenvalue weighted by molar-refractivity contribution is 0.0347. The molecule has 1 unspecified atom stereocenters. The van der Waals surface area contributed by atoms with Crippen molar-refractivity contribution < 1.29 is 9.53 Å². The molecule has 0 amide bonds. The molecule has 0 aromatic rings. The van der Waals surface area contributed by atoms with Crippen LogP contribution in [-0.2, 0) is 4.74 Å². The van der Waals surface area contributed by atoms with Gasteiger partial charge in [0.1, 0.15) is 0 Å². The summed E-state index contributed by atoms with van der Waals surface area (Å²) in [7, 11) is -2.12. The van der Waals surface area contributed by atoms with Crippen molar-refractivity contribution >= 4 is 8.32 Å². The van der Waals surface area contributed by atoms with Crippen molar-refractivity contribution in [2.45, 2.75) is 187 Å². The molecule has 0 saturated carbocycles. The van der Waals surface area contributed by atoms with Crippen LogP contribution in [0.15, 0.2) is 0 Å². The third kappa shape index (κ3) is 20.1. The average molecular weight is 485 g/mol. The predicted molar refractivity (Wildman–Crippen MR) is 152 cm³/mol. The molecule has 33 heavy (non-hydrogen) atoms. The molecule has 0 fully saturated rings. The van der Waals surface area contributed by atoms with Crippen LogP contribution in [0.2, 0.25) is 18.1 Å². The van der Waals surface area contributed by atoms with E-state index in [-0.39, 0.29) is 5.04 Å². The van der Waals surface area contributed by atoms with Crippen LogP contribution in [0.4, 0.5) is 0 Å². The van der Waals surface area contributed by atoms with E-state index in [1.54, 1.807) is 0 Å². The Morgan fingerprint density at radius 1 is 0.606 bits per heavy atom. The summed E-state index contributed by atoms with van der Waals surface area (Å²) < 4.78 is 6.25. The van der Waals surface area contributed by atoms with Crippen molar-refractivity contribution in [2.75, 3.05) is 6.61 Å². The second-order valence-electron chi connectivity index (χ2n) is 11.9. The Bertz CT molecular complexity index is 403. The third-order valence-corrected chi connectivity index (χ3v) is 11.5. The summed E-state index contributed by atoms with van der Waals surface area (Å²) in [5.41, 5.74) is 0. The molecule has 200 valence electrons. The molecule has 0 spiro atoms. The summed E-state index contributed by atoms with van der Waals surface area (Å²) in [4.78, 5) is 10.6. The molecule has 0 rings (SSSR count). The lowest BCUT2D eigenvalue weighted by atomic mass is 9.99. The normalized spacial score (nSPS) is 13.5. The Kier molecular flexibility index (Phi) is 21.5. The maximum atomic E-state index is 10.6. The van der Waals surface area contributed by atoms with E-state index in [9.17, 15) is 4.80 Å². The van der Waals surface area contributed by atoms with Gasteiger partial charge in [0.05, 0.1) is 6.10 Å². The topological polar surface area (TPSA) is 29.5 Å². The van der Waals surface area contributed by atoms with Crippen LogP contribution < -0.4 is 0 Å². The van der Waals surface area contributed by atoms with Gasteiger partial charge in [-0.1, -0.05) is 137 Å². The first kappa shape index (κ1) is 33.1. The molecule has 0 aromatic heterocycles. The minimum absolute atomic E-state index is 0.0635. The summed E-state index contributed by atoms with van der Waals surface area (Å²) in [6, 6.07) is 0. The van der Waals surface area contributed by atoms with E-state index in [2.05, 4.69) is 40.8 Å². The Morgan fingerprint density at radius 3 is 1.39 bits per heavy atom. The minimum Gasteiger partial charge on any atom is -0.432 e. The zero-order valence-corrected chi connectivity index (χ0v) is 25.0. The molecule has 3 heteroatoms. The SMILES string of the molecule is CCCCCCCCCCCCCCCCCCC(CCC(C)(C)[Si](C)(C)O)OCCCC. The van der Waals surface area contributed by atoms with Crippen LogP contribution in [0.25, 0.3) is 0 Å². The van der Waals surface area contributed by atoms with Crippen LogP contribution >= 0.6 is 0 Å². The summed E-state index contributed by atoms with van der Waals surface area (Å²) in [5, 5.41) is 0.0635. The Balaban J connectivity index is 3.73. The smallest absolute Gasteiger partial charge is 0.188 e. The Morgan fingerprint density at radius 2 is 1.00 bits per heavy atom. The fourth-order valence-corrected chi connectivity index (χ4v) is 5.21. The van der Waals surface area contributed by atoms with Crippen LogP contribution in [0.1, 0.15) is 163 Å². The van der Waals surface area contributed by atoms with Gasteiger partial charge in [-0.25, -0.2) is 0 Å². The molecule has 0 aliphatic rings. The largest absolute Gasteiger partial charge is 0.432 e. The highest BCUT2D eigenvalue weighted by molar-refractivity contribution is 6.72. The molecule has 0 saturated heterocycles.